The number of nitrogens with zero attached hydrogens (tertiary/aromatic N) is 2. The van der Waals surface area contributed by atoms with Gasteiger partial charge in [-0.25, -0.2) is 9.98 Å². The number of aryl methyl sites for hydroxylation is 1. The summed E-state index contributed by atoms with van der Waals surface area (Å²) in [6, 6.07) is 18.9. The molecule has 0 unspecified atom stereocenters. The second kappa shape index (κ2) is 5.35. The highest BCUT2D eigenvalue weighted by atomic mass is 32.2. The molecule has 4 rings (SSSR count). The molecule has 2 aliphatic rings. The van der Waals surface area contributed by atoms with Crippen LogP contribution in [0.5, 0.6) is 0 Å². The molecule has 0 spiro atoms. The maximum atomic E-state index is 4.80. The summed E-state index contributed by atoms with van der Waals surface area (Å²) in [6.07, 6.45) is 0.0616. The van der Waals surface area contributed by atoms with E-state index < -0.39 is 0 Å². The van der Waals surface area contributed by atoms with Crippen LogP contribution in [0.2, 0.25) is 0 Å². The zero-order valence-corrected chi connectivity index (χ0v) is 13.2. The van der Waals surface area contributed by atoms with Gasteiger partial charge in [0.1, 0.15) is 14.7 Å². The van der Waals surface area contributed by atoms with Crippen molar-refractivity contribution in [1.29, 1.82) is 0 Å². The molecule has 0 saturated heterocycles. The summed E-state index contributed by atoms with van der Waals surface area (Å²) in [5.74, 6) is 0. The second-order valence-electron chi connectivity index (χ2n) is 5.12. The zero-order valence-electron chi connectivity index (χ0n) is 11.6. The fourth-order valence-corrected chi connectivity index (χ4v) is 4.93. The largest absolute Gasteiger partial charge is 0.249 e. The maximum absolute atomic E-state index is 4.80. The molecule has 0 aliphatic carbocycles. The summed E-state index contributed by atoms with van der Waals surface area (Å²) in [5, 5.41) is 2.23. The van der Waals surface area contributed by atoms with E-state index in [-0.39, 0.29) is 6.17 Å². The first-order valence-corrected chi connectivity index (χ1v) is 8.67. The number of aliphatic imine (C=N–C) groups is 2. The zero-order chi connectivity index (χ0) is 14.2. The van der Waals surface area contributed by atoms with Crippen LogP contribution in [0.1, 0.15) is 16.7 Å². The average Bonchev–Trinajstić information content (AvgIpc) is 3.07. The lowest BCUT2D eigenvalue weighted by molar-refractivity contribution is 0.809. The summed E-state index contributed by atoms with van der Waals surface area (Å²) < 4.78 is 0.386. The van der Waals surface area contributed by atoms with Gasteiger partial charge in [-0.3, -0.25) is 0 Å². The molecule has 2 aromatic carbocycles. The molecule has 2 aromatic rings. The monoisotopic (exact) mass is 310 g/mol. The molecule has 0 aromatic heterocycles. The first kappa shape index (κ1) is 13.2. The molecular weight excluding hydrogens is 296 g/mol. The van der Waals surface area contributed by atoms with Crippen LogP contribution in [0.4, 0.5) is 0 Å². The molecule has 2 atom stereocenters. The van der Waals surface area contributed by atoms with E-state index in [1.807, 2.05) is 29.6 Å². The third-order valence-corrected chi connectivity index (χ3v) is 6.17. The molecule has 4 heteroatoms. The number of benzene rings is 2. The highest BCUT2D eigenvalue weighted by Gasteiger charge is 2.37. The molecule has 0 fully saturated rings. The SMILES string of the molecule is Cc1ccc(C2=N[C@@H]3N=C(c4ccccc4)S[C@@H]3S2)cc1. The Morgan fingerprint density at radius 3 is 1.90 bits per heavy atom. The lowest BCUT2D eigenvalue weighted by atomic mass is 10.2. The molecule has 0 N–H and O–H groups in total. The van der Waals surface area contributed by atoms with Crippen LogP contribution >= 0.6 is 23.5 Å². The number of thioether (sulfide) groups is 2. The van der Waals surface area contributed by atoms with Crippen molar-refractivity contribution in [1.82, 2.24) is 0 Å². The fourth-order valence-electron chi connectivity index (χ4n) is 2.38. The first-order valence-electron chi connectivity index (χ1n) is 6.91. The van der Waals surface area contributed by atoms with E-state index >= 15 is 0 Å². The third kappa shape index (κ3) is 2.54. The minimum absolute atomic E-state index is 0.0616. The maximum Gasteiger partial charge on any atom is 0.163 e. The van der Waals surface area contributed by atoms with Crippen LogP contribution < -0.4 is 0 Å². The Labute approximate surface area is 132 Å². The van der Waals surface area contributed by atoms with Crippen LogP contribution in [-0.4, -0.2) is 20.8 Å². The summed E-state index contributed by atoms with van der Waals surface area (Å²) in [6.45, 7) is 2.11. The standard InChI is InChI=1S/C17H14N2S2/c1-11-7-9-13(10-8-11)16-19-14-17(21-16)20-15(18-14)12-5-3-2-4-6-12/h2-10,14,17H,1H3/t14-,17+/m0/s1. The molecule has 0 amide bonds. The first-order chi connectivity index (χ1) is 10.3. The Morgan fingerprint density at radius 2 is 1.33 bits per heavy atom. The molecule has 21 heavy (non-hydrogen) atoms. The van der Waals surface area contributed by atoms with Crippen molar-refractivity contribution in [3.63, 3.8) is 0 Å². The van der Waals surface area contributed by atoms with E-state index in [0.29, 0.717) is 4.58 Å². The lowest BCUT2D eigenvalue weighted by Gasteiger charge is -2.05. The molecule has 2 heterocycles. The van der Waals surface area contributed by atoms with E-state index in [0.717, 1.165) is 10.1 Å². The van der Waals surface area contributed by atoms with Crippen LogP contribution in [-0.2, 0) is 0 Å². The molecule has 0 saturated carbocycles. The van der Waals surface area contributed by atoms with Crippen molar-refractivity contribution in [2.75, 3.05) is 0 Å². The minimum Gasteiger partial charge on any atom is -0.249 e. The third-order valence-electron chi connectivity index (χ3n) is 3.52. The van der Waals surface area contributed by atoms with Gasteiger partial charge in [-0.05, 0) is 6.92 Å². The van der Waals surface area contributed by atoms with Gasteiger partial charge >= 0.3 is 0 Å². The smallest absolute Gasteiger partial charge is 0.163 e. The Kier molecular flexibility index (Phi) is 3.36. The predicted octanol–water partition coefficient (Wildman–Crippen LogP) is 4.33. The van der Waals surface area contributed by atoms with Gasteiger partial charge in [0.25, 0.3) is 0 Å². The number of hydrogen-bond acceptors (Lipinski definition) is 4. The summed E-state index contributed by atoms with van der Waals surface area (Å²) in [7, 11) is 0. The van der Waals surface area contributed by atoms with Crippen molar-refractivity contribution < 1.29 is 0 Å². The Morgan fingerprint density at radius 1 is 0.762 bits per heavy atom. The van der Waals surface area contributed by atoms with Gasteiger partial charge in [-0.2, -0.15) is 0 Å². The van der Waals surface area contributed by atoms with Gasteiger partial charge in [-0.15, -0.1) is 0 Å². The summed E-state index contributed by atoms with van der Waals surface area (Å²) in [5.41, 5.74) is 3.68. The predicted molar refractivity (Wildman–Crippen MR) is 93.5 cm³/mol. The van der Waals surface area contributed by atoms with Crippen molar-refractivity contribution in [2.45, 2.75) is 17.7 Å². The van der Waals surface area contributed by atoms with Crippen LogP contribution in [0.3, 0.4) is 0 Å². The molecule has 0 radical (unpaired) electrons. The van der Waals surface area contributed by atoms with E-state index in [9.17, 15) is 0 Å². The molecule has 2 nitrogen and oxygen atoms in total. The normalized spacial score (nSPS) is 23.7. The highest BCUT2D eigenvalue weighted by molar-refractivity contribution is 8.31. The Hall–Kier alpha value is -1.52. The summed E-state index contributed by atoms with van der Waals surface area (Å²) in [4.78, 5) is 9.58. The Bertz CT molecular complexity index is 720. The number of rotatable bonds is 2. The average molecular weight is 310 g/mol. The molecule has 2 aliphatic heterocycles. The van der Waals surface area contributed by atoms with Gasteiger partial charge in [0, 0.05) is 11.1 Å². The van der Waals surface area contributed by atoms with E-state index in [1.165, 1.54) is 16.7 Å². The topological polar surface area (TPSA) is 24.7 Å². The fraction of sp³-hybridized carbons (Fsp3) is 0.176. The molecular formula is C17H14N2S2. The van der Waals surface area contributed by atoms with Crippen molar-refractivity contribution in [3.8, 4) is 0 Å². The van der Waals surface area contributed by atoms with Crippen LogP contribution in [0.25, 0.3) is 0 Å². The van der Waals surface area contributed by atoms with Crippen LogP contribution in [0, 0.1) is 6.92 Å². The van der Waals surface area contributed by atoms with E-state index in [4.69, 9.17) is 9.98 Å². The van der Waals surface area contributed by atoms with Gasteiger partial charge in [0.05, 0.1) is 0 Å². The minimum atomic E-state index is 0.0616. The van der Waals surface area contributed by atoms with Crippen molar-refractivity contribution >= 4 is 33.6 Å². The second-order valence-corrected chi connectivity index (χ2v) is 7.68. The Balaban J connectivity index is 1.59. The lowest BCUT2D eigenvalue weighted by Crippen LogP contribution is -2.03. The van der Waals surface area contributed by atoms with Gasteiger partial charge in [0.2, 0.25) is 0 Å². The molecule has 0 bridgehead atoms. The van der Waals surface area contributed by atoms with E-state index in [1.54, 1.807) is 0 Å². The van der Waals surface area contributed by atoms with E-state index in [2.05, 4.69) is 55.5 Å². The van der Waals surface area contributed by atoms with Gasteiger partial charge < -0.3 is 0 Å². The summed E-state index contributed by atoms with van der Waals surface area (Å²) >= 11 is 3.67. The van der Waals surface area contributed by atoms with Gasteiger partial charge in [-0.1, -0.05) is 83.7 Å². The number of hydrogen-bond donors (Lipinski definition) is 0. The number of fused-ring (bicyclic) bond motifs is 1. The van der Waals surface area contributed by atoms with Crippen molar-refractivity contribution in [2.24, 2.45) is 9.98 Å². The highest BCUT2D eigenvalue weighted by Crippen LogP contribution is 2.44. The van der Waals surface area contributed by atoms with Gasteiger partial charge in [0.15, 0.2) is 6.17 Å². The quantitative estimate of drug-likeness (QED) is 0.824. The van der Waals surface area contributed by atoms with Crippen molar-refractivity contribution in [3.05, 3.63) is 71.3 Å². The molecule has 104 valence electrons. The van der Waals surface area contributed by atoms with Crippen LogP contribution in [0.15, 0.2) is 64.6 Å².